The Morgan fingerprint density at radius 3 is 2.42 bits per heavy atom. The Kier molecular flexibility index (Phi) is 4.88. The van der Waals surface area contributed by atoms with Crippen LogP contribution in [0.5, 0.6) is 0 Å². The van der Waals surface area contributed by atoms with Crippen LogP contribution in [0, 0.1) is 13.8 Å². The zero-order valence-electron chi connectivity index (χ0n) is 16.2. The number of carbonyl (C=O) groups excluding carboxylic acids is 1. The molecule has 1 N–H and O–H groups in total. The van der Waals surface area contributed by atoms with Gasteiger partial charge in [0.2, 0.25) is 0 Å². The van der Waals surface area contributed by atoms with Crippen LogP contribution >= 0.6 is 22.7 Å². The molecule has 0 saturated heterocycles. The van der Waals surface area contributed by atoms with Gasteiger partial charge in [0.05, 0.1) is 16.3 Å². The van der Waals surface area contributed by atoms with Crippen LogP contribution in [0.1, 0.15) is 73.0 Å². The summed E-state index contributed by atoms with van der Waals surface area (Å²) in [5.74, 6) is 1.01. The van der Waals surface area contributed by atoms with Gasteiger partial charge < -0.3 is 0 Å². The summed E-state index contributed by atoms with van der Waals surface area (Å²) in [6.45, 7) is 14.4. The number of aryl methyl sites for hydroxylation is 2. The number of nitrogens with one attached hydrogen (secondary N) is 1. The van der Waals surface area contributed by atoms with Crippen molar-refractivity contribution < 1.29 is 4.79 Å². The van der Waals surface area contributed by atoms with Crippen molar-refractivity contribution >= 4 is 43.9 Å². The van der Waals surface area contributed by atoms with E-state index in [9.17, 15) is 4.79 Å². The highest BCUT2D eigenvalue weighted by Gasteiger charge is 2.23. The maximum absolute atomic E-state index is 12.8. The normalized spacial score (nSPS) is 12.2. The molecule has 5 nitrogen and oxygen atoms in total. The van der Waals surface area contributed by atoms with Crippen LogP contribution in [-0.4, -0.2) is 20.9 Å². The Morgan fingerprint density at radius 2 is 1.85 bits per heavy atom. The lowest BCUT2D eigenvalue weighted by molar-refractivity contribution is 0.103. The molecule has 0 aliphatic heterocycles. The number of nitrogens with zero attached hydrogens (tertiary/aromatic N) is 3. The molecule has 1 amide bonds. The van der Waals surface area contributed by atoms with E-state index in [-0.39, 0.29) is 11.3 Å². The van der Waals surface area contributed by atoms with Crippen molar-refractivity contribution in [2.45, 2.75) is 59.8 Å². The zero-order valence-corrected chi connectivity index (χ0v) is 17.9. The fourth-order valence-corrected chi connectivity index (χ4v) is 4.65. The second-order valence-electron chi connectivity index (χ2n) is 7.81. The third-order valence-electron chi connectivity index (χ3n) is 4.18. The quantitative estimate of drug-likeness (QED) is 0.649. The average Bonchev–Trinajstić information content (AvgIpc) is 3.11. The molecule has 138 valence electrons. The van der Waals surface area contributed by atoms with E-state index in [0.717, 1.165) is 33.0 Å². The molecule has 7 heteroatoms. The Bertz CT molecular complexity index is 979. The van der Waals surface area contributed by atoms with E-state index in [4.69, 9.17) is 4.98 Å². The van der Waals surface area contributed by atoms with Crippen molar-refractivity contribution in [3.05, 3.63) is 33.0 Å². The van der Waals surface area contributed by atoms with Gasteiger partial charge in [-0.3, -0.25) is 10.1 Å². The highest BCUT2D eigenvalue weighted by atomic mass is 32.1. The summed E-state index contributed by atoms with van der Waals surface area (Å²) in [5, 5.41) is 6.53. The van der Waals surface area contributed by atoms with Gasteiger partial charge in [-0.1, -0.05) is 34.6 Å². The molecule has 26 heavy (non-hydrogen) atoms. The van der Waals surface area contributed by atoms with Crippen LogP contribution in [0.2, 0.25) is 0 Å². The van der Waals surface area contributed by atoms with Crippen molar-refractivity contribution in [1.82, 2.24) is 15.0 Å². The van der Waals surface area contributed by atoms with Gasteiger partial charge in [0, 0.05) is 16.2 Å². The minimum Gasteiger partial charge on any atom is -0.297 e. The molecule has 0 spiro atoms. The molecule has 3 heterocycles. The molecule has 0 fully saturated rings. The number of hydrogen-bond acceptors (Lipinski definition) is 6. The minimum absolute atomic E-state index is 0.132. The fourth-order valence-electron chi connectivity index (χ4n) is 2.65. The number of thiazole rings is 1. The van der Waals surface area contributed by atoms with Gasteiger partial charge in [-0.2, -0.15) is 0 Å². The summed E-state index contributed by atoms with van der Waals surface area (Å²) in [4.78, 5) is 28.2. The van der Waals surface area contributed by atoms with E-state index >= 15 is 0 Å². The molecular weight excluding hydrogens is 364 g/mol. The van der Waals surface area contributed by atoms with Crippen molar-refractivity contribution in [2.75, 3.05) is 5.32 Å². The number of aromatic nitrogens is 3. The smallest absolute Gasteiger partial charge is 0.267 e. The molecule has 0 atom stereocenters. The van der Waals surface area contributed by atoms with E-state index in [1.807, 2.05) is 19.2 Å². The van der Waals surface area contributed by atoms with E-state index in [2.05, 4.69) is 49.9 Å². The number of fused-ring (bicyclic) bond motifs is 1. The SMILES string of the molecule is Cc1nc(C(C)(C)C)nc2sc(C(=O)Nc3nc(C(C)C)cs3)c(C)c12. The summed E-state index contributed by atoms with van der Waals surface area (Å²) in [7, 11) is 0. The lowest BCUT2D eigenvalue weighted by atomic mass is 9.95. The van der Waals surface area contributed by atoms with Crippen molar-refractivity contribution in [3.63, 3.8) is 0 Å². The summed E-state index contributed by atoms with van der Waals surface area (Å²) in [5.41, 5.74) is 2.72. The van der Waals surface area contributed by atoms with Gasteiger partial charge >= 0.3 is 0 Å². The maximum Gasteiger partial charge on any atom is 0.267 e. The predicted octanol–water partition coefficient (Wildman–Crippen LogP) is 5.44. The average molecular weight is 389 g/mol. The van der Waals surface area contributed by atoms with Gasteiger partial charge in [0.25, 0.3) is 5.91 Å². The van der Waals surface area contributed by atoms with Crippen LogP contribution in [0.3, 0.4) is 0 Å². The van der Waals surface area contributed by atoms with Gasteiger partial charge in [-0.15, -0.1) is 22.7 Å². The Balaban J connectivity index is 1.98. The van der Waals surface area contributed by atoms with Crippen molar-refractivity contribution in [2.24, 2.45) is 0 Å². The maximum atomic E-state index is 12.8. The van der Waals surface area contributed by atoms with Crippen LogP contribution in [0.25, 0.3) is 10.2 Å². The summed E-state index contributed by atoms with van der Waals surface area (Å²) in [6, 6.07) is 0. The summed E-state index contributed by atoms with van der Waals surface area (Å²) < 4.78 is 0. The number of thiophene rings is 1. The molecule has 0 saturated carbocycles. The number of carbonyl (C=O) groups is 1. The van der Waals surface area contributed by atoms with Gasteiger partial charge in [-0.25, -0.2) is 15.0 Å². The molecule has 0 aliphatic rings. The van der Waals surface area contributed by atoms with Gasteiger partial charge in [-0.05, 0) is 25.3 Å². The molecule has 3 aromatic rings. The molecule has 0 radical (unpaired) electrons. The molecule has 0 unspecified atom stereocenters. The summed E-state index contributed by atoms with van der Waals surface area (Å²) in [6.07, 6.45) is 0. The fraction of sp³-hybridized carbons (Fsp3) is 0.474. The van der Waals surface area contributed by atoms with Crippen LogP contribution in [0.15, 0.2) is 5.38 Å². The van der Waals surface area contributed by atoms with Crippen molar-refractivity contribution in [3.8, 4) is 0 Å². The number of hydrogen-bond donors (Lipinski definition) is 1. The second-order valence-corrected chi connectivity index (χ2v) is 9.66. The first kappa shape index (κ1) is 18.9. The van der Waals surface area contributed by atoms with E-state index in [1.54, 1.807) is 0 Å². The highest BCUT2D eigenvalue weighted by Crippen LogP contribution is 2.34. The molecule has 3 aromatic heterocycles. The molecule has 0 aliphatic carbocycles. The lowest BCUT2D eigenvalue weighted by Gasteiger charge is -2.16. The minimum atomic E-state index is -0.133. The molecule has 3 rings (SSSR count). The second kappa shape index (κ2) is 6.70. The first-order valence-corrected chi connectivity index (χ1v) is 10.3. The van der Waals surface area contributed by atoms with E-state index in [1.165, 1.54) is 22.7 Å². The van der Waals surface area contributed by atoms with Crippen LogP contribution in [-0.2, 0) is 5.41 Å². The van der Waals surface area contributed by atoms with E-state index < -0.39 is 0 Å². The van der Waals surface area contributed by atoms with Crippen LogP contribution < -0.4 is 5.32 Å². The predicted molar refractivity (Wildman–Crippen MR) is 110 cm³/mol. The lowest BCUT2D eigenvalue weighted by Crippen LogP contribution is -2.16. The van der Waals surface area contributed by atoms with Crippen LogP contribution in [0.4, 0.5) is 5.13 Å². The molecule has 0 aromatic carbocycles. The number of anilines is 1. The van der Waals surface area contributed by atoms with E-state index in [0.29, 0.717) is 15.9 Å². The Morgan fingerprint density at radius 1 is 1.15 bits per heavy atom. The monoisotopic (exact) mass is 388 g/mol. The Labute approximate surface area is 161 Å². The highest BCUT2D eigenvalue weighted by molar-refractivity contribution is 7.21. The first-order chi connectivity index (χ1) is 12.1. The largest absolute Gasteiger partial charge is 0.297 e. The molecule has 0 bridgehead atoms. The number of amides is 1. The van der Waals surface area contributed by atoms with Crippen molar-refractivity contribution in [1.29, 1.82) is 0 Å². The van der Waals surface area contributed by atoms with Gasteiger partial charge in [0.15, 0.2) is 5.13 Å². The topological polar surface area (TPSA) is 67.8 Å². The van der Waals surface area contributed by atoms with Gasteiger partial charge in [0.1, 0.15) is 10.7 Å². The molecular formula is C19H24N4OS2. The zero-order chi connectivity index (χ0) is 19.2. The standard InChI is InChI=1S/C19H24N4OS2/c1-9(2)12-8-25-18(21-12)22-15(24)14-10(3)13-11(4)20-17(19(5,6)7)23-16(13)26-14/h8-9H,1-7H3,(H,21,22,24). The first-order valence-electron chi connectivity index (χ1n) is 8.63. The Hall–Kier alpha value is -1.86. The third-order valence-corrected chi connectivity index (χ3v) is 6.14. The summed E-state index contributed by atoms with van der Waals surface area (Å²) >= 11 is 2.88. The third kappa shape index (κ3) is 3.50. The number of rotatable bonds is 3.